The molecule has 18 heavy (non-hydrogen) atoms. The molecule has 0 saturated carbocycles. The van der Waals surface area contributed by atoms with Crippen LogP contribution >= 0.6 is 0 Å². The smallest absolute Gasteiger partial charge is 0.311 e. The second-order valence-electron chi connectivity index (χ2n) is 4.76. The maximum atomic E-state index is 13.6. The Balaban J connectivity index is 2.29. The van der Waals surface area contributed by atoms with Crippen molar-refractivity contribution in [3.63, 3.8) is 0 Å². The second-order valence-corrected chi connectivity index (χ2v) is 4.76. The van der Waals surface area contributed by atoms with E-state index in [2.05, 4.69) is 5.32 Å². The van der Waals surface area contributed by atoms with Crippen LogP contribution in [0.3, 0.4) is 0 Å². The average Bonchev–Trinajstić information content (AvgIpc) is 2.36. The summed E-state index contributed by atoms with van der Waals surface area (Å²) in [5, 5.41) is 12.4. The van der Waals surface area contributed by atoms with Gasteiger partial charge < -0.3 is 10.4 Å². The molecule has 5 heteroatoms. The summed E-state index contributed by atoms with van der Waals surface area (Å²) in [6, 6.07) is 3.88. The molecule has 0 aromatic heterocycles. The lowest BCUT2D eigenvalue weighted by Crippen LogP contribution is -2.47. The number of carboxylic acids is 1. The Hall–Kier alpha value is -1.49. The number of benzene rings is 1. The van der Waals surface area contributed by atoms with E-state index in [1.165, 1.54) is 12.1 Å². The Morgan fingerprint density at radius 3 is 2.83 bits per heavy atom. The van der Waals surface area contributed by atoms with Crippen LogP contribution in [0.15, 0.2) is 18.2 Å². The molecule has 1 aliphatic heterocycles. The highest BCUT2D eigenvalue weighted by atomic mass is 19.2. The summed E-state index contributed by atoms with van der Waals surface area (Å²) in [6.07, 6.45) is 1.22. The number of hydrogen-bond acceptors (Lipinski definition) is 2. The van der Waals surface area contributed by atoms with Crippen LogP contribution in [0.2, 0.25) is 0 Å². The van der Waals surface area contributed by atoms with Crippen molar-refractivity contribution in [2.24, 2.45) is 5.41 Å². The fourth-order valence-corrected chi connectivity index (χ4v) is 2.43. The van der Waals surface area contributed by atoms with Crippen LogP contribution in [0.25, 0.3) is 0 Å². The molecule has 0 bridgehead atoms. The molecule has 0 amide bonds. The van der Waals surface area contributed by atoms with Crippen molar-refractivity contribution < 1.29 is 18.7 Å². The Morgan fingerprint density at radius 2 is 2.22 bits per heavy atom. The van der Waals surface area contributed by atoms with Crippen molar-refractivity contribution in [1.82, 2.24) is 5.32 Å². The van der Waals surface area contributed by atoms with Gasteiger partial charge in [-0.25, -0.2) is 8.78 Å². The van der Waals surface area contributed by atoms with Gasteiger partial charge in [0.25, 0.3) is 0 Å². The summed E-state index contributed by atoms with van der Waals surface area (Å²) in [5.74, 6) is -2.83. The van der Waals surface area contributed by atoms with Crippen LogP contribution in [-0.2, 0) is 11.2 Å². The number of aliphatic carboxylic acids is 1. The van der Waals surface area contributed by atoms with Crippen molar-refractivity contribution in [1.29, 1.82) is 0 Å². The molecule has 0 spiro atoms. The zero-order chi connectivity index (χ0) is 13.2. The van der Waals surface area contributed by atoms with Gasteiger partial charge in [0.15, 0.2) is 11.6 Å². The lowest BCUT2D eigenvalue weighted by molar-refractivity contribution is -0.150. The number of carboxylic acid groups (broad SMARTS) is 1. The molecule has 1 unspecified atom stereocenters. The van der Waals surface area contributed by atoms with E-state index in [-0.39, 0.29) is 18.5 Å². The third-order valence-corrected chi connectivity index (χ3v) is 3.49. The first-order valence-corrected chi connectivity index (χ1v) is 5.92. The number of halogens is 2. The summed E-state index contributed by atoms with van der Waals surface area (Å²) in [4.78, 5) is 11.4. The normalized spacial score (nSPS) is 23.9. The minimum Gasteiger partial charge on any atom is -0.481 e. The van der Waals surface area contributed by atoms with Gasteiger partial charge in [-0.2, -0.15) is 0 Å². The third kappa shape index (κ3) is 2.36. The predicted molar refractivity (Wildman–Crippen MR) is 62.2 cm³/mol. The zero-order valence-electron chi connectivity index (χ0n) is 9.88. The van der Waals surface area contributed by atoms with Gasteiger partial charge in [-0.05, 0) is 37.4 Å². The minimum absolute atomic E-state index is 0.0128. The summed E-state index contributed by atoms with van der Waals surface area (Å²) < 4.78 is 26.7. The quantitative estimate of drug-likeness (QED) is 0.868. The van der Waals surface area contributed by atoms with Crippen LogP contribution in [0, 0.1) is 17.0 Å². The molecule has 2 rings (SSSR count). The van der Waals surface area contributed by atoms with Gasteiger partial charge >= 0.3 is 5.97 Å². The Labute approximate surface area is 104 Å². The molecule has 1 fully saturated rings. The SMILES string of the molecule is O=C(O)C1(Cc2cccc(F)c2F)CCCNC1. The topological polar surface area (TPSA) is 49.3 Å². The van der Waals surface area contributed by atoms with E-state index in [0.717, 1.165) is 19.0 Å². The fourth-order valence-electron chi connectivity index (χ4n) is 2.43. The van der Waals surface area contributed by atoms with E-state index in [4.69, 9.17) is 0 Å². The maximum absolute atomic E-state index is 13.6. The van der Waals surface area contributed by atoms with E-state index in [1.54, 1.807) is 0 Å². The van der Waals surface area contributed by atoms with Gasteiger partial charge in [0.1, 0.15) is 0 Å². The largest absolute Gasteiger partial charge is 0.481 e. The summed E-state index contributed by atoms with van der Waals surface area (Å²) >= 11 is 0. The number of piperidine rings is 1. The van der Waals surface area contributed by atoms with Crippen LogP contribution in [0.5, 0.6) is 0 Å². The Morgan fingerprint density at radius 1 is 1.44 bits per heavy atom. The molecular formula is C13H15F2NO2. The van der Waals surface area contributed by atoms with Crippen LogP contribution in [0.1, 0.15) is 18.4 Å². The molecule has 1 aromatic carbocycles. The molecular weight excluding hydrogens is 240 g/mol. The van der Waals surface area contributed by atoms with Crippen LogP contribution < -0.4 is 5.32 Å². The van der Waals surface area contributed by atoms with Crippen molar-refractivity contribution >= 4 is 5.97 Å². The predicted octanol–water partition coefficient (Wildman–Crippen LogP) is 1.96. The molecule has 1 aliphatic rings. The molecule has 1 atom stereocenters. The standard InChI is InChI=1S/C13H15F2NO2/c14-10-4-1-3-9(11(10)15)7-13(12(17)18)5-2-6-16-8-13/h1,3-4,16H,2,5-8H2,(H,17,18). The molecule has 1 saturated heterocycles. The molecule has 98 valence electrons. The lowest BCUT2D eigenvalue weighted by atomic mass is 9.75. The fraction of sp³-hybridized carbons (Fsp3) is 0.462. The molecule has 0 radical (unpaired) electrons. The van der Waals surface area contributed by atoms with E-state index >= 15 is 0 Å². The first-order valence-electron chi connectivity index (χ1n) is 5.92. The van der Waals surface area contributed by atoms with Crippen LogP contribution in [0.4, 0.5) is 8.78 Å². The summed E-state index contributed by atoms with van der Waals surface area (Å²) in [6.45, 7) is 1.05. The van der Waals surface area contributed by atoms with Gasteiger partial charge in [-0.1, -0.05) is 12.1 Å². The van der Waals surface area contributed by atoms with Gasteiger partial charge in [-0.3, -0.25) is 4.79 Å². The zero-order valence-corrected chi connectivity index (χ0v) is 9.88. The highest BCUT2D eigenvalue weighted by Crippen LogP contribution is 2.32. The van der Waals surface area contributed by atoms with Gasteiger partial charge in [0.05, 0.1) is 5.41 Å². The van der Waals surface area contributed by atoms with Crippen molar-refractivity contribution in [2.75, 3.05) is 13.1 Å². The molecule has 2 N–H and O–H groups in total. The third-order valence-electron chi connectivity index (χ3n) is 3.49. The number of hydrogen-bond donors (Lipinski definition) is 2. The molecule has 1 heterocycles. The lowest BCUT2D eigenvalue weighted by Gasteiger charge is -2.33. The van der Waals surface area contributed by atoms with E-state index in [9.17, 15) is 18.7 Å². The van der Waals surface area contributed by atoms with Crippen molar-refractivity contribution in [2.45, 2.75) is 19.3 Å². The van der Waals surface area contributed by atoms with Gasteiger partial charge in [0.2, 0.25) is 0 Å². The first kappa shape index (κ1) is 13.0. The maximum Gasteiger partial charge on any atom is 0.311 e. The minimum atomic E-state index is -1.03. The molecule has 1 aromatic rings. The molecule has 3 nitrogen and oxygen atoms in total. The van der Waals surface area contributed by atoms with Gasteiger partial charge in [-0.15, -0.1) is 0 Å². The average molecular weight is 255 g/mol. The highest BCUT2D eigenvalue weighted by Gasteiger charge is 2.40. The summed E-state index contributed by atoms with van der Waals surface area (Å²) in [5.41, 5.74) is -0.909. The first-order chi connectivity index (χ1) is 8.55. The van der Waals surface area contributed by atoms with Gasteiger partial charge in [0, 0.05) is 6.54 Å². The number of nitrogens with one attached hydrogen (secondary N) is 1. The number of rotatable bonds is 3. The second kappa shape index (κ2) is 5.02. The van der Waals surface area contributed by atoms with Crippen molar-refractivity contribution in [3.8, 4) is 0 Å². The Kier molecular flexibility index (Phi) is 3.61. The van der Waals surface area contributed by atoms with Crippen molar-refractivity contribution in [3.05, 3.63) is 35.4 Å². The monoisotopic (exact) mass is 255 g/mol. The number of carbonyl (C=O) groups is 1. The van der Waals surface area contributed by atoms with E-state index < -0.39 is 23.0 Å². The van der Waals surface area contributed by atoms with E-state index in [1.807, 2.05) is 0 Å². The van der Waals surface area contributed by atoms with E-state index in [0.29, 0.717) is 6.42 Å². The highest BCUT2D eigenvalue weighted by molar-refractivity contribution is 5.75. The van der Waals surface area contributed by atoms with Crippen LogP contribution in [-0.4, -0.2) is 24.2 Å². The molecule has 0 aliphatic carbocycles. The summed E-state index contributed by atoms with van der Waals surface area (Å²) in [7, 11) is 0. The Bertz CT molecular complexity index is 456.